The van der Waals surface area contributed by atoms with E-state index in [1.54, 1.807) is 0 Å². The average molecular weight is 279 g/mol. The maximum Gasteiger partial charge on any atom is 0.151 e. The van der Waals surface area contributed by atoms with Gasteiger partial charge in [-0.25, -0.2) is 4.98 Å². The largest absolute Gasteiger partial charge is 0.306 e. The second kappa shape index (κ2) is 3.59. The van der Waals surface area contributed by atoms with E-state index >= 15 is 0 Å². The number of nitrogens with zero attached hydrogens (tertiary/aromatic N) is 2. The van der Waals surface area contributed by atoms with E-state index in [-0.39, 0.29) is 0 Å². The van der Waals surface area contributed by atoms with Gasteiger partial charge in [0.1, 0.15) is 0 Å². The second-order valence-electron chi connectivity index (χ2n) is 4.95. The zero-order chi connectivity index (χ0) is 11.3. The van der Waals surface area contributed by atoms with Crippen LogP contribution in [0.2, 0.25) is 0 Å². The van der Waals surface area contributed by atoms with Crippen molar-refractivity contribution in [1.29, 1.82) is 0 Å². The molecule has 1 aliphatic rings. The summed E-state index contributed by atoms with van der Waals surface area (Å²) >= 11 is 3.62. The molecule has 2 aromatic rings. The van der Waals surface area contributed by atoms with Gasteiger partial charge in [0.15, 0.2) is 5.65 Å². The molecule has 3 rings (SSSR count). The van der Waals surface area contributed by atoms with E-state index in [1.807, 2.05) is 0 Å². The highest BCUT2D eigenvalue weighted by Gasteiger charge is 2.24. The molecule has 2 heterocycles. The van der Waals surface area contributed by atoms with Crippen molar-refractivity contribution >= 4 is 21.6 Å². The smallest absolute Gasteiger partial charge is 0.151 e. The van der Waals surface area contributed by atoms with Crippen LogP contribution < -0.4 is 0 Å². The monoisotopic (exact) mass is 278 g/mol. The van der Waals surface area contributed by atoms with Gasteiger partial charge in [-0.1, -0.05) is 13.8 Å². The highest BCUT2D eigenvalue weighted by Crippen LogP contribution is 2.41. The van der Waals surface area contributed by atoms with Gasteiger partial charge in [-0.2, -0.15) is 0 Å². The van der Waals surface area contributed by atoms with Crippen molar-refractivity contribution in [3.05, 3.63) is 34.2 Å². The molecule has 0 atom stereocenters. The molecule has 1 saturated carbocycles. The summed E-state index contributed by atoms with van der Waals surface area (Å²) in [5.41, 5.74) is 3.63. The SMILES string of the molecule is CC(C)c1cn2cc(C3CC3)cc(Br)c2n1. The molecule has 0 unspecified atom stereocenters. The molecule has 0 saturated heterocycles. The lowest BCUT2D eigenvalue weighted by molar-refractivity contribution is 0.834. The minimum Gasteiger partial charge on any atom is -0.306 e. The van der Waals surface area contributed by atoms with Crippen LogP contribution in [-0.2, 0) is 0 Å². The van der Waals surface area contributed by atoms with Crippen LogP contribution in [0.15, 0.2) is 22.9 Å². The normalized spacial score (nSPS) is 16.2. The third kappa shape index (κ3) is 1.67. The van der Waals surface area contributed by atoms with Crippen molar-refractivity contribution in [1.82, 2.24) is 9.38 Å². The number of aromatic nitrogens is 2. The summed E-state index contributed by atoms with van der Waals surface area (Å²) < 4.78 is 3.27. The van der Waals surface area contributed by atoms with E-state index in [2.05, 4.69) is 57.6 Å². The minimum absolute atomic E-state index is 0.483. The van der Waals surface area contributed by atoms with Crippen LogP contribution in [0.3, 0.4) is 0 Å². The summed E-state index contributed by atoms with van der Waals surface area (Å²) in [4.78, 5) is 4.65. The Labute approximate surface area is 104 Å². The Kier molecular flexibility index (Phi) is 2.32. The maximum absolute atomic E-state index is 4.65. The Hall–Kier alpha value is -0.830. The van der Waals surface area contributed by atoms with Crippen molar-refractivity contribution in [2.45, 2.75) is 38.5 Å². The fourth-order valence-electron chi connectivity index (χ4n) is 2.01. The molecule has 2 aromatic heterocycles. The molecule has 0 N–H and O–H groups in total. The van der Waals surface area contributed by atoms with Crippen LogP contribution in [0.25, 0.3) is 5.65 Å². The number of rotatable bonds is 2. The molecule has 0 aromatic carbocycles. The fourth-order valence-corrected chi connectivity index (χ4v) is 2.57. The molecule has 3 heteroatoms. The average Bonchev–Trinajstić information content (AvgIpc) is 2.97. The van der Waals surface area contributed by atoms with Crippen molar-refractivity contribution in [3.8, 4) is 0 Å². The van der Waals surface area contributed by atoms with Gasteiger partial charge < -0.3 is 4.40 Å². The van der Waals surface area contributed by atoms with Crippen LogP contribution in [0.1, 0.15) is 49.8 Å². The van der Waals surface area contributed by atoms with Gasteiger partial charge in [-0.3, -0.25) is 0 Å². The molecule has 1 aliphatic carbocycles. The third-order valence-corrected chi connectivity index (χ3v) is 3.77. The van der Waals surface area contributed by atoms with Crippen molar-refractivity contribution < 1.29 is 0 Å². The maximum atomic E-state index is 4.65. The number of fused-ring (bicyclic) bond motifs is 1. The Morgan fingerprint density at radius 1 is 1.38 bits per heavy atom. The highest BCUT2D eigenvalue weighted by atomic mass is 79.9. The third-order valence-electron chi connectivity index (χ3n) is 3.19. The molecule has 84 valence electrons. The molecule has 0 radical (unpaired) electrons. The molecule has 16 heavy (non-hydrogen) atoms. The Morgan fingerprint density at radius 3 is 2.75 bits per heavy atom. The number of imidazole rings is 1. The van der Waals surface area contributed by atoms with Crippen LogP contribution in [0, 0.1) is 0 Å². The molecular weight excluding hydrogens is 264 g/mol. The molecule has 0 aliphatic heterocycles. The lowest BCUT2D eigenvalue weighted by atomic mass is 10.2. The Balaban J connectivity index is 2.17. The Morgan fingerprint density at radius 2 is 2.12 bits per heavy atom. The highest BCUT2D eigenvalue weighted by molar-refractivity contribution is 9.10. The molecule has 0 amide bonds. The van der Waals surface area contributed by atoms with Gasteiger partial charge in [0, 0.05) is 12.4 Å². The van der Waals surface area contributed by atoms with Gasteiger partial charge >= 0.3 is 0 Å². The summed E-state index contributed by atoms with van der Waals surface area (Å²) in [5.74, 6) is 1.27. The van der Waals surface area contributed by atoms with Gasteiger partial charge in [0.25, 0.3) is 0 Å². The quantitative estimate of drug-likeness (QED) is 0.809. The first-order valence-electron chi connectivity index (χ1n) is 5.83. The predicted molar refractivity (Wildman–Crippen MR) is 69.0 cm³/mol. The van der Waals surface area contributed by atoms with E-state index in [0.29, 0.717) is 5.92 Å². The summed E-state index contributed by atoms with van der Waals surface area (Å²) in [7, 11) is 0. The first-order valence-corrected chi connectivity index (χ1v) is 6.62. The number of pyridine rings is 1. The van der Waals surface area contributed by atoms with E-state index in [0.717, 1.165) is 21.7 Å². The summed E-state index contributed by atoms with van der Waals surface area (Å²) in [5, 5.41) is 0. The van der Waals surface area contributed by atoms with Crippen LogP contribution in [-0.4, -0.2) is 9.38 Å². The van der Waals surface area contributed by atoms with Crippen LogP contribution >= 0.6 is 15.9 Å². The first-order chi connectivity index (χ1) is 7.65. The summed E-state index contributed by atoms with van der Waals surface area (Å²) in [6.07, 6.45) is 7.06. The molecule has 2 nitrogen and oxygen atoms in total. The van der Waals surface area contributed by atoms with E-state index in [9.17, 15) is 0 Å². The minimum atomic E-state index is 0.483. The van der Waals surface area contributed by atoms with Crippen molar-refractivity contribution in [3.63, 3.8) is 0 Å². The standard InChI is InChI=1S/C13H15BrN2/c1-8(2)12-7-16-6-10(9-3-4-9)5-11(14)13(16)15-12/h5-9H,3-4H2,1-2H3. The lowest BCUT2D eigenvalue weighted by Gasteiger charge is -2.01. The van der Waals surface area contributed by atoms with E-state index < -0.39 is 0 Å². The molecule has 0 bridgehead atoms. The second-order valence-corrected chi connectivity index (χ2v) is 5.80. The van der Waals surface area contributed by atoms with E-state index in [4.69, 9.17) is 0 Å². The zero-order valence-corrected chi connectivity index (χ0v) is 11.2. The van der Waals surface area contributed by atoms with Crippen molar-refractivity contribution in [2.75, 3.05) is 0 Å². The molecule has 0 spiro atoms. The van der Waals surface area contributed by atoms with Crippen LogP contribution in [0.5, 0.6) is 0 Å². The molecule has 1 fully saturated rings. The molecular formula is C13H15BrN2. The van der Waals surface area contributed by atoms with Crippen molar-refractivity contribution in [2.24, 2.45) is 0 Å². The summed E-state index contributed by atoms with van der Waals surface area (Å²) in [6.45, 7) is 4.36. The zero-order valence-electron chi connectivity index (χ0n) is 9.57. The van der Waals surface area contributed by atoms with E-state index in [1.165, 1.54) is 18.4 Å². The lowest BCUT2D eigenvalue weighted by Crippen LogP contribution is -1.88. The number of halogens is 1. The van der Waals surface area contributed by atoms with Crippen LogP contribution in [0.4, 0.5) is 0 Å². The number of hydrogen-bond donors (Lipinski definition) is 0. The van der Waals surface area contributed by atoms with Gasteiger partial charge in [-0.15, -0.1) is 0 Å². The fraction of sp³-hybridized carbons (Fsp3) is 0.462. The predicted octanol–water partition coefficient (Wildman–Crippen LogP) is 4.10. The topological polar surface area (TPSA) is 17.3 Å². The van der Waals surface area contributed by atoms with Gasteiger partial charge in [0.05, 0.1) is 10.2 Å². The first kappa shape index (κ1) is 10.3. The van der Waals surface area contributed by atoms with Gasteiger partial charge in [-0.05, 0) is 52.2 Å². The summed E-state index contributed by atoms with van der Waals surface area (Å²) in [6, 6.07) is 2.23. The Bertz CT molecular complexity index is 538. The number of hydrogen-bond acceptors (Lipinski definition) is 1. The van der Waals surface area contributed by atoms with Gasteiger partial charge in [0.2, 0.25) is 0 Å².